The molecule has 0 aliphatic rings. The molecule has 0 saturated carbocycles. The number of carbonyl (C=O) groups is 1. The SMILES string of the molecule is COC(=O)Cc1csc(COc2ccc(C)c(C)c2)n1. The molecule has 0 aliphatic heterocycles. The van der Waals surface area contributed by atoms with Crippen LogP contribution < -0.4 is 4.74 Å². The molecule has 106 valence electrons. The Morgan fingerprint density at radius 1 is 1.30 bits per heavy atom. The van der Waals surface area contributed by atoms with Gasteiger partial charge in [0.2, 0.25) is 0 Å². The first-order valence-corrected chi connectivity index (χ1v) is 7.16. The Balaban J connectivity index is 1.93. The molecule has 4 nitrogen and oxygen atoms in total. The molecule has 1 aromatic carbocycles. The summed E-state index contributed by atoms with van der Waals surface area (Å²) in [6, 6.07) is 6.00. The van der Waals surface area contributed by atoms with Crippen LogP contribution in [0.1, 0.15) is 21.8 Å². The average molecular weight is 291 g/mol. The van der Waals surface area contributed by atoms with Crippen molar-refractivity contribution in [2.24, 2.45) is 0 Å². The molecule has 0 N–H and O–H groups in total. The van der Waals surface area contributed by atoms with Crippen LogP contribution in [0.5, 0.6) is 5.75 Å². The number of methoxy groups -OCH3 is 1. The van der Waals surface area contributed by atoms with E-state index in [-0.39, 0.29) is 12.4 Å². The summed E-state index contributed by atoms with van der Waals surface area (Å²) >= 11 is 1.48. The fourth-order valence-corrected chi connectivity index (χ4v) is 2.37. The second-order valence-electron chi connectivity index (χ2n) is 4.52. The topological polar surface area (TPSA) is 48.4 Å². The highest BCUT2D eigenvalue weighted by Gasteiger charge is 2.08. The highest BCUT2D eigenvalue weighted by molar-refractivity contribution is 7.09. The number of nitrogens with zero attached hydrogens (tertiary/aromatic N) is 1. The average Bonchev–Trinajstić information content (AvgIpc) is 2.87. The van der Waals surface area contributed by atoms with E-state index in [4.69, 9.17) is 4.74 Å². The third-order valence-electron chi connectivity index (χ3n) is 2.99. The molecule has 1 heterocycles. The number of benzene rings is 1. The van der Waals surface area contributed by atoms with Gasteiger partial charge in [-0.3, -0.25) is 4.79 Å². The van der Waals surface area contributed by atoms with Gasteiger partial charge < -0.3 is 9.47 Å². The van der Waals surface area contributed by atoms with Gasteiger partial charge in [0.15, 0.2) is 0 Å². The van der Waals surface area contributed by atoms with Crippen molar-refractivity contribution >= 4 is 17.3 Å². The molecule has 0 fully saturated rings. The van der Waals surface area contributed by atoms with Crippen molar-refractivity contribution in [1.82, 2.24) is 4.98 Å². The minimum absolute atomic E-state index is 0.205. The van der Waals surface area contributed by atoms with Crippen LogP contribution in [0.4, 0.5) is 0 Å². The van der Waals surface area contributed by atoms with Crippen molar-refractivity contribution in [1.29, 1.82) is 0 Å². The van der Waals surface area contributed by atoms with Crippen LogP contribution in [0.15, 0.2) is 23.6 Å². The van der Waals surface area contributed by atoms with Gasteiger partial charge in [-0.25, -0.2) is 4.98 Å². The Kier molecular flexibility index (Phi) is 4.74. The van der Waals surface area contributed by atoms with E-state index < -0.39 is 0 Å². The van der Waals surface area contributed by atoms with Gasteiger partial charge in [-0.15, -0.1) is 11.3 Å². The summed E-state index contributed by atoms with van der Waals surface area (Å²) < 4.78 is 10.3. The van der Waals surface area contributed by atoms with Crippen LogP contribution in [-0.4, -0.2) is 18.1 Å². The summed E-state index contributed by atoms with van der Waals surface area (Å²) in [5.74, 6) is 0.551. The number of hydrogen-bond acceptors (Lipinski definition) is 5. The van der Waals surface area contributed by atoms with E-state index in [2.05, 4.69) is 23.6 Å². The molecule has 0 aliphatic carbocycles. The third-order valence-corrected chi connectivity index (χ3v) is 3.86. The molecule has 0 amide bonds. The van der Waals surface area contributed by atoms with Gasteiger partial charge in [0.25, 0.3) is 0 Å². The van der Waals surface area contributed by atoms with Crippen molar-refractivity contribution in [2.75, 3.05) is 7.11 Å². The van der Waals surface area contributed by atoms with Crippen LogP contribution in [0.3, 0.4) is 0 Å². The Bertz CT molecular complexity index is 607. The fraction of sp³-hybridized carbons (Fsp3) is 0.333. The second kappa shape index (κ2) is 6.52. The van der Waals surface area contributed by atoms with Crippen LogP contribution >= 0.6 is 11.3 Å². The van der Waals surface area contributed by atoms with Crippen molar-refractivity contribution in [3.8, 4) is 5.75 Å². The van der Waals surface area contributed by atoms with Crippen LogP contribution in [0, 0.1) is 13.8 Å². The summed E-state index contributed by atoms with van der Waals surface area (Å²) in [7, 11) is 1.37. The van der Waals surface area contributed by atoms with Crippen molar-refractivity contribution in [3.63, 3.8) is 0 Å². The lowest BCUT2D eigenvalue weighted by Crippen LogP contribution is -2.05. The first-order chi connectivity index (χ1) is 9.58. The van der Waals surface area contributed by atoms with Crippen LogP contribution in [0.25, 0.3) is 0 Å². The van der Waals surface area contributed by atoms with Gasteiger partial charge in [0, 0.05) is 5.38 Å². The maximum atomic E-state index is 11.2. The predicted molar refractivity (Wildman–Crippen MR) is 78.1 cm³/mol. The van der Waals surface area contributed by atoms with E-state index in [9.17, 15) is 4.79 Å². The van der Waals surface area contributed by atoms with E-state index >= 15 is 0 Å². The van der Waals surface area contributed by atoms with Crippen LogP contribution in [-0.2, 0) is 22.6 Å². The van der Waals surface area contributed by atoms with E-state index in [1.165, 1.54) is 29.6 Å². The zero-order valence-electron chi connectivity index (χ0n) is 11.8. The summed E-state index contributed by atoms with van der Waals surface area (Å²) in [5.41, 5.74) is 3.17. The zero-order chi connectivity index (χ0) is 14.5. The Hall–Kier alpha value is -1.88. The van der Waals surface area contributed by atoms with Gasteiger partial charge >= 0.3 is 5.97 Å². The monoisotopic (exact) mass is 291 g/mol. The quantitative estimate of drug-likeness (QED) is 0.794. The number of esters is 1. The Labute approximate surface area is 122 Å². The molecule has 0 saturated heterocycles. The van der Waals surface area contributed by atoms with E-state index in [0.717, 1.165) is 16.5 Å². The lowest BCUT2D eigenvalue weighted by molar-refractivity contribution is -0.139. The second-order valence-corrected chi connectivity index (χ2v) is 5.46. The molecule has 2 aromatic rings. The molecule has 0 atom stereocenters. The van der Waals surface area contributed by atoms with Gasteiger partial charge in [-0.2, -0.15) is 0 Å². The summed E-state index contributed by atoms with van der Waals surface area (Å²) in [5, 5.41) is 2.71. The maximum absolute atomic E-state index is 11.2. The Morgan fingerprint density at radius 3 is 2.80 bits per heavy atom. The lowest BCUT2D eigenvalue weighted by Gasteiger charge is -2.06. The molecule has 0 spiro atoms. The van der Waals surface area contributed by atoms with Gasteiger partial charge in [-0.05, 0) is 37.1 Å². The smallest absolute Gasteiger partial charge is 0.311 e. The highest BCUT2D eigenvalue weighted by Crippen LogP contribution is 2.19. The number of aryl methyl sites for hydroxylation is 2. The standard InChI is InChI=1S/C15H17NO3S/c1-10-4-5-13(6-11(10)2)19-8-14-16-12(9-20-14)7-15(17)18-3/h4-6,9H,7-8H2,1-3H3. The number of hydrogen-bond donors (Lipinski definition) is 0. The normalized spacial score (nSPS) is 10.3. The number of rotatable bonds is 5. The largest absolute Gasteiger partial charge is 0.486 e. The van der Waals surface area contributed by atoms with E-state index in [1.807, 2.05) is 23.6 Å². The van der Waals surface area contributed by atoms with Crippen molar-refractivity contribution in [2.45, 2.75) is 26.9 Å². The van der Waals surface area contributed by atoms with Gasteiger partial charge in [0.05, 0.1) is 19.2 Å². The molecule has 2 rings (SSSR count). The predicted octanol–water partition coefficient (Wildman–Crippen LogP) is 3.05. The van der Waals surface area contributed by atoms with Gasteiger partial charge in [0.1, 0.15) is 17.4 Å². The number of carbonyl (C=O) groups excluding carboxylic acids is 1. The van der Waals surface area contributed by atoms with Crippen molar-refractivity contribution < 1.29 is 14.3 Å². The molecule has 0 bridgehead atoms. The molecule has 0 unspecified atom stereocenters. The first kappa shape index (κ1) is 14.5. The Morgan fingerprint density at radius 2 is 2.10 bits per heavy atom. The zero-order valence-corrected chi connectivity index (χ0v) is 12.6. The number of thiazole rings is 1. The molecule has 1 aromatic heterocycles. The number of aromatic nitrogens is 1. The summed E-state index contributed by atoms with van der Waals surface area (Å²) in [6.07, 6.45) is 0.205. The lowest BCUT2D eigenvalue weighted by atomic mass is 10.1. The minimum Gasteiger partial charge on any atom is -0.486 e. The molecular weight excluding hydrogens is 274 g/mol. The third kappa shape index (κ3) is 3.81. The molecule has 20 heavy (non-hydrogen) atoms. The fourth-order valence-electron chi connectivity index (χ4n) is 1.67. The summed E-state index contributed by atoms with van der Waals surface area (Å²) in [6.45, 7) is 4.54. The molecule has 0 radical (unpaired) electrons. The highest BCUT2D eigenvalue weighted by atomic mass is 32.1. The summed E-state index contributed by atoms with van der Waals surface area (Å²) in [4.78, 5) is 15.5. The molecular formula is C15H17NO3S. The minimum atomic E-state index is -0.281. The van der Waals surface area contributed by atoms with Crippen molar-refractivity contribution in [3.05, 3.63) is 45.4 Å². The van der Waals surface area contributed by atoms with Crippen LogP contribution in [0.2, 0.25) is 0 Å². The molecule has 5 heteroatoms. The first-order valence-electron chi connectivity index (χ1n) is 6.28. The van der Waals surface area contributed by atoms with E-state index in [1.54, 1.807) is 0 Å². The number of ether oxygens (including phenoxy) is 2. The van der Waals surface area contributed by atoms with Gasteiger partial charge in [-0.1, -0.05) is 6.07 Å². The maximum Gasteiger partial charge on any atom is 0.311 e. The van der Waals surface area contributed by atoms with E-state index in [0.29, 0.717) is 6.61 Å².